The minimum absolute atomic E-state index is 0.434. The average Bonchev–Trinajstić information content (AvgIpc) is 2.71. The van der Waals surface area contributed by atoms with E-state index in [1.807, 2.05) is 0 Å². The van der Waals surface area contributed by atoms with E-state index < -0.39 is 11.8 Å². The number of nitrogens with zero attached hydrogens (tertiary/aromatic N) is 2. The smallest absolute Gasteiger partial charge is 0.329 e. The van der Waals surface area contributed by atoms with E-state index in [9.17, 15) is 9.59 Å². The first kappa shape index (κ1) is 20.7. The lowest BCUT2D eigenvalue weighted by Gasteiger charge is -2.26. The molecule has 0 unspecified atom stereocenters. The van der Waals surface area contributed by atoms with Crippen molar-refractivity contribution >= 4 is 18.0 Å². The van der Waals surface area contributed by atoms with E-state index in [1.54, 1.807) is 25.3 Å². The lowest BCUT2D eigenvalue weighted by atomic mass is 10.2. The van der Waals surface area contributed by atoms with Crippen LogP contribution in [-0.4, -0.2) is 76.5 Å². The quantitative estimate of drug-likeness (QED) is 0.286. The molecule has 9 nitrogen and oxygen atoms in total. The van der Waals surface area contributed by atoms with Crippen LogP contribution in [0.25, 0.3) is 0 Å². The van der Waals surface area contributed by atoms with E-state index in [2.05, 4.69) is 20.7 Å². The number of carbonyl (C=O) groups is 2. The predicted octanol–water partition coefficient (Wildman–Crippen LogP) is -0.00760. The Morgan fingerprint density at radius 3 is 2.63 bits per heavy atom. The predicted molar refractivity (Wildman–Crippen MR) is 100 cm³/mol. The van der Waals surface area contributed by atoms with E-state index in [4.69, 9.17) is 14.2 Å². The lowest BCUT2D eigenvalue weighted by molar-refractivity contribution is -0.139. The summed E-state index contributed by atoms with van der Waals surface area (Å²) in [4.78, 5) is 25.8. The topological polar surface area (TPSA) is 101 Å². The van der Waals surface area contributed by atoms with Crippen molar-refractivity contribution < 1.29 is 23.8 Å². The Balaban J connectivity index is 1.69. The number of nitrogens with one attached hydrogen (secondary N) is 2. The van der Waals surface area contributed by atoms with Gasteiger partial charge in [-0.15, -0.1) is 0 Å². The van der Waals surface area contributed by atoms with Crippen molar-refractivity contribution in [2.24, 2.45) is 5.10 Å². The third-order valence-electron chi connectivity index (χ3n) is 4.03. The molecule has 2 rings (SSSR count). The maximum Gasteiger partial charge on any atom is 0.329 e. The number of carbonyl (C=O) groups excluding carboxylic acids is 2. The van der Waals surface area contributed by atoms with Crippen LogP contribution in [0.5, 0.6) is 11.5 Å². The van der Waals surface area contributed by atoms with Crippen molar-refractivity contribution in [3.05, 3.63) is 23.8 Å². The van der Waals surface area contributed by atoms with Crippen molar-refractivity contribution in [1.29, 1.82) is 0 Å². The Morgan fingerprint density at radius 2 is 1.93 bits per heavy atom. The number of ether oxygens (including phenoxy) is 3. The van der Waals surface area contributed by atoms with Crippen LogP contribution < -0.4 is 20.2 Å². The molecule has 0 aliphatic carbocycles. The standard InChI is InChI=1S/C18H26N4O5/c1-25-15-5-4-14(12-16(15)26-2)13-20-21-18(24)17(23)19-6-3-7-22-8-10-27-11-9-22/h4-5,12-13H,3,6-11H2,1-2H3,(H,19,23)(H,21,24)/b20-13-. The van der Waals surface area contributed by atoms with Crippen LogP contribution in [0.15, 0.2) is 23.3 Å². The SMILES string of the molecule is COc1ccc(/C=N\NC(=O)C(=O)NCCCN2CCOCC2)cc1OC. The molecule has 9 heteroatoms. The van der Waals surface area contributed by atoms with E-state index in [0.29, 0.717) is 23.6 Å². The third kappa shape index (κ3) is 6.87. The van der Waals surface area contributed by atoms with Crippen LogP contribution in [0.4, 0.5) is 0 Å². The summed E-state index contributed by atoms with van der Waals surface area (Å²) in [6.45, 7) is 4.59. The number of hydrogen-bond acceptors (Lipinski definition) is 7. The molecule has 1 aliphatic rings. The largest absolute Gasteiger partial charge is 0.493 e. The van der Waals surface area contributed by atoms with Gasteiger partial charge in [-0.2, -0.15) is 5.10 Å². The van der Waals surface area contributed by atoms with Crippen molar-refractivity contribution in [3.8, 4) is 11.5 Å². The summed E-state index contributed by atoms with van der Waals surface area (Å²) in [5, 5.41) is 6.38. The Hall–Kier alpha value is -2.65. The van der Waals surface area contributed by atoms with Crippen LogP contribution in [0.3, 0.4) is 0 Å². The maximum atomic E-state index is 11.8. The monoisotopic (exact) mass is 378 g/mol. The van der Waals surface area contributed by atoms with Gasteiger partial charge < -0.3 is 19.5 Å². The maximum absolute atomic E-state index is 11.8. The molecule has 0 bridgehead atoms. The van der Waals surface area contributed by atoms with Gasteiger partial charge in [0, 0.05) is 19.6 Å². The third-order valence-corrected chi connectivity index (χ3v) is 4.03. The number of hydrogen-bond donors (Lipinski definition) is 2. The fraction of sp³-hybridized carbons (Fsp3) is 0.500. The van der Waals surface area contributed by atoms with E-state index >= 15 is 0 Å². The highest BCUT2D eigenvalue weighted by Gasteiger charge is 2.13. The highest BCUT2D eigenvalue weighted by atomic mass is 16.5. The Kier molecular flexibility index (Phi) is 8.53. The molecule has 1 aromatic rings. The Labute approximate surface area is 158 Å². The zero-order valence-electron chi connectivity index (χ0n) is 15.7. The fourth-order valence-electron chi connectivity index (χ4n) is 2.56. The number of morpholine rings is 1. The van der Waals surface area contributed by atoms with Crippen LogP contribution in [-0.2, 0) is 14.3 Å². The summed E-state index contributed by atoms with van der Waals surface area (Å²) in [7, 11) is 3.08. The molecule has 27 heavy (non-hydrogen) atoms. The van der Waals surface area contributed by atoms with Crippen LogP contribution >= 0.6 is 0 Å². The van der Waals surface area contributed by atoms with Gasteiger partial charge in [0.25, 0.3) is 0 Å². The highest BCUT2D eigenvalue weighted by molar-refractivity contribution is 6.35. The molecule has 1 aliphatic heterocycles. The molecular weight excluding hydrogens is 352 g/mol. The molecule has 0 aromatic heterocycles. The molecule has 1 heterocycles. The summed E-state index contributed by atoms with van der Waals surface area (Å²) in [5.41, 5.74) is 2.90. The minimum Gasteiger partial charge on any atom is -0.493 e. The molecule has 2 amide bonds. The van der Waals surface area contributed by atoms with Crippen molar-refractivity contribution in [1.82, 2.24) is 15.6 Å². The van der Waals surface area contributed by atoms with E-state index in [1.165, 1.54) is 13.3 Å². The van der Waals surface area contributed by atoms with Crippen molar-refractivity contribution in [2.45, 2.75) is 6.42 Å². The molecule has 1 saturated heterocycles. The summed E-state index contributed by atoms with van der Waals surface area (Å²) in [6.07, 6.45) is 2.19. The molecule has 0 radical (unpaired) electrons. The molecule has 0 spiro atoms. The van der Waals surface area contributed by atoms with Crippen LogP contribution in [0, 0.1) is 0 Å². The summed E-state index contributed by atoms with van der Waals surface area (Å²) in [5.74, 6) is -0.375. The second-order valence-electron chi connectivity index (χ2n) is 5.88. The van der Waals surface area contributed by atoms with E-state index in [-0.39, 0.29) is 0 Å². The first-order valence-electron chi connectivity index (χ1n) is 8.77. The minimum atomic E-state index is -0.807. The Morgan fingerprint density at radius 1 is 1.19 bits per heavy atom. The highest BCUT2D eigenvalue weighted by Crippen LogP contribution is 2.26. The number of methoxy groups -OCH3 is 2. The molecule has 1 aromatic carbocycles. The summed E-state index contributed by atoms with van der Waals surface area (Å²) < 4.78 is 15.6. The van der Waals surface area contributed by atoms with Crippen LogP contribution in [0.1, 0.15) is 12.0 Å². The normalized spacial score (nSPS) is 14.7. The lowest BCUT2D eigenvalue weighted by Crippen LogP contribution is -2.40. The molecule has 1 fully saturated rings. The summed E-state index contributed by atoms with van der Waals surface area (Å²) >= 11 is 0. The van der Waals surface area contributed by atoms with Gasteiger partial charge in [0.05, 0.1) is 33.6 Å². The first-order valence-corrected chi connectivity index (χ1v) is 8.77. The number of rotatable bonds is 8. The molecular formula is C18H26N4O5. The second-order valence-corrected chi connectivity index (χ2v) is 5.88. The van der Waals surface area contributed by atoms with Gasteiger partial charge in [-0.1, -0.05) is 0 Å². The number of benzene rings is 1. The van der Waals surface area contributed by atoms with Crippen molar-refractivity contribution in [3.63, 3.8) is 0 Å². The molecule has 2 N–H and O–H groups in total. The van der Waals surface area contributed by atoms with Gasteiger partial charge in [-0.25, -0.2) is 5.43 Å². The zero-order chi connectivity index (χ0) is 19.5. The zero-order valence-corrected chi connectivity index (χ0v) is 15.7. The average molecular weight is 378 g/mol. The van der Waals surface area contributed by atoms with Gasteiger partial charge in [0.1, 0.15) is 0 Å². The van der Waals surface area contributed by atoms with Crippen LogP contribution in [0.2, 0.25) is 0 Å². The fourth-order valence-corrected chi connectivity index (χ4v) is 2.56. The first-order chi connectivity index (χ1) is 13.1. The number of hydrazone groups is 1. The molecule has 148 valence electrons. The van der Waals surface area contributed by atoms with Crippen molar-refractivity contribution in [2.75, 3.05) is 53.6 Å². The molecule has 0 atom stereocenters. The summed E-state index contributed by atoms with van der Waals surface area (Å²) in [6, 6.07) is 5.19. The van der Waals surface area contributed by atoms with Gasteiger partial charge in [0.15, 0.2) is 11.5 Å². The van der Waals surface area contributed by atoms with Gasteiger partial charge >= 0.3 is 11.8 Å². The number of amides is 2. The second kappa shape index (κ2) is 11.1. The van der Waals surface area contributed by atoms with Gasteiger partial charge in [0.2, 0.25) is 0 Å². The Bertz CT molecular complexity index is 659. The van der Waals surface area contributed by atoms with Gasteiger partial charge in [-0.3, -0.25) is 14.5 Å². The molecule has 0 saturated carbocycles. The van der Waals surface area contributed by atoms with E-state index in [0.717, 1.165) is 39.3 Å². The van der Waals surface area contributed by atoms with Gasteiger partial charge in [-0.05, 0) is 36.7 Å².